The molecule has 5 nitrogen and oxygen atoms in total. The summed E-state index contributed by atoms with van der Waals surface area (Å²) in [5.41, 5.74) is 8.58. The average Bonchev–Trinajstić information content (AvgIpc) is 3.27. The summed E-state index contributed by atoms with van der Waals surface area (Å²) in [5, 5.41) is 0. The predicted molar refractivity (Wildman–Crippen MR) is 114 cm³/mol. The Balaban J connectivity index is 1.66. The van der Waals surface area contributed by atoms with Gasteiger partial charge in [0.25, 0.3) is 11.8 Å². The molecule has 0 aliphatic carbocycles. The van der Waals surface area contributed by atoms with Crippen LogP contribution in [0.15, 0.2) is 63.7 Å². The van der Waals surface area contributed by atoms with Crippen LogP contribution in [0.5, 0.6) is 0 Å². The number of furan rings is 1. The number of rotatable bonds is 2. The maximum absolute atomic E-state index is 12.7. The minimum Gasteiger partial charge on any atom is -0.447 e. The first-order valence-corrected chi connectivity index (χ1v) is 9.94. The number of thiophene rings is 1. The highest BCUT2D eigenvalue weighted by atomic mass is 32.1. The Hall–Kier alpha value is -3.56. The van der Waals surface area contributed by atoms with E-state index in [-0.39, 0.29) is 18.1 Å². The van der Waals surface area contributed by atoms with E-state index < -0.39 is 5.91 Å². The molecule has 3 aromatic rings. The molecule has 0 saturated carbocycles. The van der Waals surface area contributed by atoms with E-state index in [2.05, 4.69) is 11.8 Å². The van der Waals surface area contributed by atoms with Crippen molar-refractivity contribution in [1.82, 2.24) is 4.90 Å². The van der Waals surface area contributed by atoms with Gasteiger partial charge in [0.1, 0.15) is 11.3 Å². The second kappa shape index (κ2) is 7.46. The van der Waals surface area contributed by atoms with Gasteiger partial charge in [-0.1, -0.05) is 24.1 Å². The van der Waals surface area contributed by atoms with Crippen LogP contribution in [0.3, 0.4) is 0 Å². The topological polar surface area (TPSA) is 76.5 Å². The third kappa shape index (κ3) is 3.48. The first-order chi connectivity index (χ1) is 14.0. The van der Waals surface area contributed by atoms with Crippen molar-refractivity contribution >= 4 is 39.5 Å². The number of imide groups is 1. The van der Waals surface area contributed by atoms with Crippen LogP contribution in [0.2, 0.25) is 0 Å². The number of hydrogen-bond donors (Lipinski definition) is 1. The van der Waals surface area contributed by atoms with E-state index in [9.17, 15) is 9.59 Å². The lowest BCUT2D eigenvalue weighted by Gasteiger charge is -2.26. The second-order valence-corrected chi connectivity index (χ2v) is 7.67. The number of amides is 2. The number of hydrogen-bond acceptors (Lipinski definition) is 5. The van der Waals surface area contributed by atoms with Gasteiger partial charge in [-0.25, -0.2) is 0 Å². The maximum atomic E-state index is 12.7. The van der Waals surface area contributed by atoms with E-state index in [1.54, 1.807) is 19.9 Å². The van der Waals surface area contributed by atoms with Gasteiger partial charge in [0.05, 0.1) is 4.70 Å². The molecule has 1 aliphatic rings. The zero-order valence-electron chi connectivity index (χ0n) is 16.0. The molecule has 0 fully saturated rings. The van der Waals surface area contributed by atoms with Gasteiger partial charge in [-0.3, -0.25) is 14.5 Å². The fraction of sp³-hybridized carbons (Fsp3) is 0.130. The highest BCUT2D eigenvalue weighted by Gasteiger charge is 2.32. The minimum atomic E-state index is -0.436. The van der Waals surface area contributed by atoms with Crippen LogP contribution >= 0.6 is 11.3 Å². The normalized spacial score (nSPS) is 15.9. The van der Waals surface area contributed by atoms with Gasteiger partial charge in [0, 0.05) is 28.6 Å². The Labute approximate surface area is 172 Å². The largest absolute Gasteiger partial charge is 0.447 e. The smallest absolute Gasteiger partial charge is 0.276 e. The van der Waals surface area contributed by atoms with E-state index in [4.69, 9.17) is 10.2 Å². The van der Waals surface area contributed by atoms with Crippen molar-refractivity contribution < 1.29 is 14.0 Å². The summed E-state index contributed by atoms with van der Waals surface area (Å²) < 4.78 is 6.76. The van der Waals surface area contributed by atoms with Gasteiger partial charge in [-0.15, -0.1) is 11.3 Å². The maximum Gasteiger partial charge on any atom is 0.276 e. The number of nitrogens with two attached hydrogens (primary N) is 1. The van der Waals surface area contributed by atoms with Gasteiger partial charge in [0.2, 0.25) is 0 Å². The summed E-state index contributed by atoms with van der Waals surface area (Å²) >= 11 is 1.49. The van der Waals surface area contributed by atoms with Crippen molar-refractivity contribution in [1.29, 1.82) is 0 Å². The van der Waals surface area contributed by atoms with Gasteiger partial charge in [0.15, 0.2) is 5.76 Å². The van der Waals surface area contributed by atoms with Crippen molar-refractivity contribution in [2.24, 2.45) is 5.73 Å². The molecule has 4 rings (SSSR count). The molecule has 0 saturated heterocycles. The molecule has 2 N–H and O–H groups in total. The standard InChI is InChI=1S/C23H18N2O3S/c1-3-25-22(26)18(14(2)21(24)23(25)27)12-17-13-19-20(29-17)11-16(28-19)10-9-15-7-5-4-6-8-15/h4-8,11-13H,3,24H2,1-2H3/b18-12-. The third-order valence-corrected chi connectivity index (χ3v) is 5.70. The summed E-state index contributed by atoms with van der Waals surface area (Å²) in [4.78, 5) is 26.8. The van der Waals surface area contributed by atoms with Gasteiger partial charge in [-0.05, 0) is 49.6 Å². The van der Waals surface area contributed by atoms with E-state index in [0.717, 1.165) is 20.0 Å². The molecule has 0 radical (unpaired) electrons. The van der Waals surface area contributed by atoms with Crippen LogP contribution in [0, 0.1) is 11.8 Å². The molecule has 1 aromatic carbocycles. The summed E-state index contributed by atoms with van der Waals surface area (Å²) in [6.07, 6.45) is 1.76. The average molecular weight is 402 g/mol. The van der Waals surface area contributed by atoms with E-state index in [0.29, 0.717) is 22.5 Å². The lowest BCUT2D eigenvalue weighted by molar-refractivity contribution is -0.140. The zero-order valence-corrected chi connectivity index (χ0v) is 16.8. The molecule has 6 heteroatoms. The molecule has 0 bridgehead atoms. The molecule has 1 aliphatic heterocycles. The molecule has 144 valence electrons. The Morgan fingerprint density at radius 2 is 1.90 bits per heavy atom. The van der Waals surface area contributed by atoms with E-state index in [1.807, 2.05) is 42.5 Å². The van der Waals surface area contributed by atoms with E-state index in [1.165, 1.54) is 11.3 Å². The lowest BCUT2D eigenvalue weighted by atomic mass is 9.98. The van der Waals surface area contributed by atoms with Crippen molar-refractivity contribution in [2.75, 3.05) is 6.54 Å². The SMILES string of the molecule is CCN1C(=O)C(N)=C(C)/C(=C/c2cc3oc(C#Cc4ccccc4)cc3s2)C1=O. The first kappa shape index (κ1) is 18.8. The highest BCUT2D eigenvalue weighted by Crippen LogP contribution is 2.32. The molecular formula is C23H18N2O3S. The van der Waals surface area contributed by atoms with Crippen LogP contribution in [-0.2, 0) is 9.59 Å². The van der Waals surface area contributed by atoms with Crippen LogP contribution < -0.4 is 5.73 Å². The number of likely N-dealkylation sites (N-methyl/N-ethyl adjacent to an activating group) is 1. The minimum absolute atomic E-state index is 0.108. The summed E-state index contributed by atoms with van der Waals surface area (Å²) in [5.74, 6) is 5.92. The van der Waals surface area contributed by atoms with Gasteiger partial charge < -0.3 is 10.2 Å². The fourth-order valence-electron chi connectivity index (χ4n) is 3.09. The number of carbonyl (C=O) groups excluding carboxylic acids is 2. The molecule has 0 atom stereocenters. The molecule has 2 aromatic heterocycles. The molecule has 29 heavy (non-hydrogen) atoms. The number of nitrogens with zero attached hydrogens (tertiary/aromatic N) is 1. The third-order valence-electron chi connectivity index (χ3n) is 4.69. The Morgan fingerprint density at radius 3 is 2.59 bits per heavy atom. The summed E-state index contributed by atoms with van der Waals surface area (Å²) in [6, 6.07) is 13.5. The summed E-state index contributed by atoms with van der Waals surface area (Å²) in [6.45, 7) is 3.72. The molecular weight excluding hydrogens is 384 g/mol. The number of fused-ring (bicyclic) bond motifs is 1. The van der Waals surface area contributed by atoms with Crippen LogP contribution in [0.4, 0.5) is 0 Å². The molecule has 3 heterocycles. The number of benzene rings is 1. The van der Waals surface area contributed by atoms with Crippen LogP contribution in [0.25, 0.3) is 16.4 Å². The second-order valence-electron chi connectivity index (χ2n) is 6.56. The van der Waals surface area contributed by atoms with Crippen LogP contribution in [0.1, 0.15) is 30.0 Å². The van der Waals surface area contributed by atoms with Gasteiger partial charge >= 0.3 is 0 Å². The number of carbonyl (C=O) groups is 2. The molecule has 0 unspecified atom stereocenters. The molecule has 0 spiro atoms. The van der Waals surface area contributed by atoms with Crippen molar-refractivity contribution in [3.05, 3.63) is 75.5 Å². The van der Waals surface area contributed by atoms with Crippen molar-refractivity contribution in [3.8, 4) is 11.8 Å². The Morgan fingerprint density at radius 1 is 1.14 bits per heavy atom. The fourth-order valence-corrected chi connectivity index (χ4v) is 4.05. The zero-order chi connectivity index (χ0) is 20.5. The van der Waals surface area contributed by atoms with E-state index >= 15 is 0 Å². The van der Waals surface area contributed by atoms with Crippen molar-refractivity contribution in [2.45, 2.75) is 13.8 Å². The molecule has 2 amide bonds. The van der Waals surface area contributed by atoms with Crippen LogP contribution in [-0.4, -0.2) is 23.3 Å². The van der Waals surface area contributed by atoms with Crippen molar-refractivity contribution in [3.63, 3.8) is 0 Å². The predicted octanol–water partition coefficient (Wildman–Crippen LogP) is 3.90. The quantitative estimate of drug-likeness (QED) is 0.401. The lowest BCUT2D eigenvalue weighted by Crippen LogP contribution is -2.44. The first-order valence-electron chi connectivity index (χ1n) is 9.13. The van der Waals surface area contributed by atoms with Gasteiger partial charge in [-0.2, -0.15) is 0 Å². The Bertz CT molecular complexity index is 1220. The highest BCUT2D eigenvalue weighted by molar-refractivity contribution is 7.19. The summed E-state index contributed by atoms with van der Waals surface area (Å²) in [7, 11) is 0. The Kier molecular flexibility index (Phi) is 4.83. The monoisotopic (exact) mass is 402 g/mol.